The highest BCUT2D eigenvalue weighted by Gasteiger charge is 2.14. The molecule has 0 aliphatic rings. The Morgan fingerprint density at radius 3 is 2.24 bits per heavy atom. The summed E-state index contributed by atoms with van der Waals surface area (Å²) in [5.41, 5.74) is 1.07. The van der Waals surface area contributed by atoms with Gasteiger partial charge in [-0.2, -0.15) is 0 Å². The summed E-state index contributed by atoms with van der Waals surface area (Å²) in [6.45, 7) is 12.1. The molecule has 0 saturated heterocycles. The molecule has 0 saturated carbocycles. The van der Waals surface area contributed by atoms with Gasteiger partial charge in [-0.05, 0) is 11.8 Å². The number of hydrogen-bond donors (Lipinski definition) is 1. The summed E-state index contributed by atoms with van der Waals surface area (Å²) >= 11 is 1.43. The molecule has 0 fully saturated rings. The number of rotatable bonds is 7. The summed E-state index contributed by atoms with van der Waals surface area (Å²) in [6.07, 6.45) is 0. The van der Waals surface area contributed by atoms with Gasteiger partial charge in [0.15, 0.2) is 0 Å². The molecule has 1 aromatic rings. The van der Waals surface area contributed by atoms with E-state index < -0.39 is 0 Å². The summed E-state index contributed by atoms with van der Waals surface area (Å²) in [5, 5.41) is 8.45. The molecule has 17 heavy (non-hydrogen) atoms. The first kappa shape index (κ1) is 14.4. The second kappa shape index (κ2) is 6.91. The molecule has 0 aliphatic carbocycles. The van der Waals surface area contributed by atoms with Gasteiger partial charge < -0.3 is 5.32 Å². The van der Waals surface area contributed by atoms with Crippen molar-refractivity contribution in [3.63, 3.8) is 0 Å². The number of aromatic nitrogens is 2. The average Bonchev–Trinajstić information content (AvgIpc) is 2.62. The minimum atomic E-state index is 0.679. The van der Waals surface area contributed by atoms with E-state index in [4.69, 9.17) is 0 Å². The smallest absolute Gasteiger partial charge is 0.134 e. The average molecular weight is 256 g/mol. The van der Waals surface area contributed by atoms with Crippen LogP contribution in [0.4, 0.5) is 5.00 Å². The van der Waals surface area contributed by atoms with Gasteiger partial charge in [0.1, 0.15) is 10.7 Å². The van der Waals surface area contributed by atoms with Crippen molar-refractivity contribution in [2.45, 2.75) is 34.2 Å². The Hall–Kier alpha value is -0.680. The zero-order valence-electron chi connectivity index (χ0n) is 11.5. The fourth-order valence-electron chi connectivity index (χ4n) is 1.95. The summed E-state index contributed by atoms with van der Waals surface area (Å²) in [4.78, 5) is 2.47. The van der Waals surface area contributed by atoms with E-state index in [9.17, 15) is 0 Å². The Balaban J connectivity index is 2.64. The Kier molecular flexibility index (Phi) is 5.85. The van der Waals surface area contributed by atoms with Gasteiger partial charge in [-0.15, -0.1) is 5.10 Å². The van der Waals surface area contributed by atoms with E-state index in [-0.39, 0.29) is 0 Å². The molecule has 0 radical (unpaired) electrons. The summed E-state index contributed by atoms with van der Waals surface area (Å²) in [7, 11) is 1.92. The minimum Gasteiger partial charge on any atom is -0.377 e. The van der Waals surface area contributed by atoms with Gasteiger partial charge >= 0.3 is 0 Å². The monoisotopic (exact) mass is 256 g/mol. The third kappa shape index (κ3) is 5.00. The molecule has 0 amide bonds. The maximum Gasteiger partial charge on any atom is 0.134 e. The van der Waals surface area contributed by atoms with E-state index >= 15 is 0 Å². The normalized spacial score (nSPS) is 11.8. The van der Waals surface area contributed by atoms with Crippen molar-refractivity contribution in [2.24, 2.45) is 11.8 Å². The van der Waals surface area contributed by atoms with Crippen LogP contribution in [0.1, 0.15) is 33.4 Å². The van der Waals surface area contributed by atoms with Crippen LogP contribution in [0.15, 0.2) is 0 Å². The molecular weight excluding hydrogens is 232 g/mol. The zero-order chi connectivity index (χ0) is 12.8. The fraction of sp³-hybridized carbons (Fsp3) is 0.833. The van der Waals surface area contributed by atoms with E-state index in [1.807, 2.05) is 7.05 Å². The first-order valence-electron chi connectivity index (χ1n) is 6.24. The molecule has 1 heterocycles. The third-order valence-corrected chi connectivity index (χ3v) is 3.19. The molecule has 4 nitrogen and oxygen atoms in total. The molecule has 1 N–H and O–H groups in total. The van der Waals surface area contributed by atoms with Crippen molar-refractivity contribution in [2.75, 3.05) is 25.5 Å². The van der Waals surface area contributed by atoms with Gasteiger partial charge in [0.2, 0.25) is 0 Å². The van der Waals surface area contributed by atoms with E-state index in [0.29, 0.717) is 11.8 Å². The Morgan fingerprint density at radius 1 is 1.18 bits per heavy atom. The van der Waals surface area contributed by atoms with Gasteiger partial charge in [0, 0.05) is 38.2 Å². The number of anilines is 1. The molecule has 1 aromatic heterocycles. The van der Waals surface area contributed by atoms with Gasteiger partial charge in [-0.25, -0.2) is 0 Å². The molecule has 0 aliphatic heterocycles. The largest absolute Gasteiger partial charge is 0.377 e. The first-order chi connectivity index (χ1) is 8.02. The van der Waals surface area contributed by atoms with Crippen LogP contribution in [0.2, 0.25) is 0 Å². The molecule has 0 bridgehead atoms. The van der Waals surface area contributed by atoms with Gasteiger partial charge in [-0.1, -0.05) is 32.2 Å². The van der Waals surface area contributed by atoms with E-state index in [2.05, 4.69) is 47.5 Å². The zero-order valence-corrected chi connectivity index (χ0v) is 12.3. The van der Waals surface area contributed by atoms with Crippen LogP contribution >= 0.6 is 11.5 Å². The first-order valence-corrected chi connectivity index (χ1v) is 7.01. The van der Waals surface area contributed by atoms with Crippen LogP contribution in [0.5, 0.6) is 0 Å². The highest BCUT2D eigenvalue weighted by atomic mass is 32.1. The second-order valence-electron chi connectivity index (χ2n) is 5.28. The van der Waals surface area contributed by atoms with Crippen LogP contribution in [0.25, 0.3) is 0 Å². The highest BCUT2D eigenvalue weighted by Crippen LogP contribution is 2.19. The standard InChI is InChI=1S/C12H24N4S/c1-9(2)6-16(7-10(3)4)8-11-12(13-5)17-15-14-11/h9-10,13H,6-8H2,1-5H3. The summed E-state index contributed by atoms with van der Waals surface area (Å²) < 4.78 is 4.01. The number of hydrogen-bond acceptors (Lipinski definition) is 5. The van der Waals surface area contributed by atoms with Crippen molar-refractivity contribution < 1.29 is 0 Å². The quantitative estimate of drug-likeness (QED) is 0.814. The number of nitrogens with zero attached hydrogens (tertiary/aromatic N) is 3. The Bertz CT molecular complexity index is 312. The topological polar surface area (TPSA) is 41.1 Å². The van der Waals surface area contributed by atoms with Crippen molar-refractivity contribution in [3.05, 3.63) is 5.69 Å². The van der Waals surface area contributed by atoms with E-state index in [1.54, 1.807) is 0 Å². The minimum absolute atomic E-state index is 0.679. The molecular formula is C12H24N4S. The Morgan fingerprint density at radius 2 is 1.76 bits per heavy atom. The van der Waals surface area contributed by atoms with Crippen LogP contribution in [0, 0.1) is 11.8 Å². The van der Waals surface area contributed by atoms with Crippen molar-refractivity contribution in [1.29, 1.82) is 0 Å². The lowest BCUT2D eigenvalue weighted by atomic mass is 10.1. The highest BCUT2D eigenvalue weighted by molar-refractivity contribution is 7.10. The molecule has 0 aromatic carbocycles. The molecule has 1 rings (SSSR count). The maximum atomic E-state index is 4.21. The second-order valence-corrected chi connectivity index (χ2v) is 6.03. The lowest BCUT2D eigenvalue weighted by Gasteiger charge is -2.25. The lowest BCUT2D eigenvalue weighted by molar-refractivity contribution is 0.209. The molecule has 98 valence electrons. The lowest BCUT2D eigenvalue weighted by Crippen LogP contribution is -2.31. The van der Waals surface area contributed by atoms with Crippen LogP contribution in [-0.4, -0.2) is 34.6 Å². The van der Waals surface area contributed by atoms with Gasteiger partial charge in [-0.3, -0.25) is 4.90 Å². The number of nitrogens with one attached hydrogen (secondary N) is 1. The third-order valence-electron chi connectivity index (χ3n) is 2.40. The van der Waals surface area contributed by atoms with Crippen LogP contribution < -0.4 is 5.32 Å². The van der Waals surface area contributed by atoms with Crippen LogP contribution in [-0.2, 0) is 6.54 Å². The fourth-order valence-corrected chi connectivity index (χ4v) is 2.47. The molecule has 0 spiro atoms. The van der Waals surface area contributed by atoms with Gasteiger partial charge in [0.05, 0.1) is 0 Å². The molecule has 5 heteroatoms. The van der Waals surface area contributed by atoms with Crippen molar-refractivity contribution in [1.82, 2.24) is 14.5 Å². The Labute approximate surface area is 109 Å². The van der Waals surface area contributed by atoms with Crippen molar-refractivity contribution >= 4 is 16.5 Å². The maximum absolute atomic E-state index is 4.21. The summed E-state index contributed by atoms with van der Waals surface area (Å²) in [6, 6.07) is 0. The van der Waals surface area contributed by atoms with Gasteiger partial charge in [0.25, 0.3) is 0 Å². The molecule has 0 unspecified atom stereocenters. The van der Waals surface area contributed by atoms with Crippen molar-refractivity contribution in [3.8, 4) is 0 Å². The predicted octanol–water partition coefficient (Wildman–Crippen LogP) is 2.69. The van der Waals surface area contributed by atoms with E-state index in [0.717, 1.165) is 30.3 Å². The molecule has 0 atom stereocenters. The van der Waals surface area contributed by atoms with Crippen LogP contribution in [0.3, 0.4) is 0 Å². The SMILES string of the molecule is CNc1snnc1CN(CC(C)C)CC(C)C. The van der Waals surface area contributed by atoms with E-state index in [1.165, 1.54) is 11.5 Å². The summed E-state index contributed by atoms with van der Waals surface area (Å²) in [5.74, 6) is 1.36. The predicted molar refractivity (Wildman–Crippen MR) is 74.4 cm³/mol.